The highest BCUT2D eigenvalue weighted by Crippen LogP contribution is 2.08. The van der Waals surface area contributed by atoms with Gasteiger partial charge in [0.1, 0.15) is 6.79 Å². The van der Waals surface area contributed by atoms with Crippen LogP contribution in [0.4, 0.5) is 0 Å². The summed E-state index contributed by atoms with van der Waals surface area (Å²) in [6, 6.07) is 0. The molecular formula is C12H24O4. The Hall–Kier alpha value is -0.610. The van der Waals surface area contributed by atoms with Gasteiger partial charge in [0.15, 0.2) is 6.79 Å². The topological polar surface area (TPSA) is 55.8 Å². The van der Waals surface area contributed by atoms with Crippen LogP contribution in [0, 0.1) is 0 Å². The van der Waals surface area contributed by atoms with Gasteiger partial charge in [-0.25, -0.2) is 0 Å². The second-order valence-corrected chi connectivity index (χ2v) is 3.84. The SMILES string of the molecule is CCCCCCCCCC(=O)OCOCO. The van der Waals surface area contributed by atoms with Gasteiger partial charge in [0, 0.05) is 6.42 Å². The first-order valence-corrected chi connectivity index (χ1v) is 6.15. The van der Waals surface area contributed by atoms with E-state index in [4.69, 9.17) is 9.84 Å². The number of aliphatic hydroxyl groups excluding tert-OH is 1. The first-order chi connectivity index (χ1) is 7.81. The number of hydrogen-bond donors (Lipinski definition) is 1. The Balaban J connectivity index is 3.09. The van der Waals surface area contributed by atoms with Crippen molar-refractivity contribution in [1.29, 1.82) is 0 Å². The number of aliphatic hydroxyl groups is 1. The highest BCUT2D eigenvalue weighted by Gasteiger charge is 2.01. The van der Waals surface area contributed by atoms with Crippen LogP contribution in [0.2, 0.25) is 0 Å². The molecule has 0 unspecified atom stereocenters. The fraction of sp³-hybridized carbons (Fsp3) is 0.917. The minimum atomic E-state index is -0.412. The van der Waals surface area contributed by atoms with Gasteiger partial charge in [-0.1, -0.05) is 45.4 Å². The van der Waals surface area contributed by atoms with Gasteiger partial charge in [0.05, 0.1) is 0 Å². The van der Waals surface area contributed by atoms with Gasteiger partial charge < -0.3 is 14.6 Å². The lowest BCUT2D eigenvalue weighted by atomic mass is 10.1. The van der Waals surface area contributed by atoms with E-state index in [1.54, 1.807) is 0 Å². The van der Waals surface area contributed by atoms with E-state index in [0.29, 0.717) is 6.42 Å². The van der Waals surface area contributed by atoms with Crippen molar-refractivity contribution < 1.29 is 19.4 Å². The molecule has 0 aliphatic rings. The Bertz CT molecular complexity index is 159. The molecule has 96 valence electrons. The van der Waals surface area contributed by atoms with E-state index < -0.39 is 6.79 Å². The van der Waals surface area contributed by atoms with E-state index in [0.717, 1.165) is 12.8 Å². The fourth-order valence-electron chi connectivity index (χ4n) is 1.44. The van der Waals surface area contributed by atoms with Gasteiger partial charge in [-0.3, -0.25) is 4.79 Å². The van der Waals surface area contributed by atoms with Crippen molar-refractivity contribution in [3.05, 3.63) is 0 Å². The molecule has 1 N–H and O–H groups in total. The molecule has 0 rings (SSSR count). The van der Waals surface area contributed by atoms with Crippen LogP contribution in [0.1, 0.15) is 58.3 Å². The average molecular weight is 232 g/mol. The summed E-state index contributed by atoms with van der Waals surface area (Å²) in [5.74, 6) is -0.248. The van der Waals surface area contributed by atoms with Crippen LogP contribution >= 0.6 is 0 Å². The number of ether oxygens (including phenoxy) is 2. The van der Waals surface area contributed by atoms with Crippen LogP contribution in [0.3, 0.4) is 0 Å². The van der Waals surface area contributed by atoms with Crippen molar-refractivity contribution in [3.63, 3.8) is 0 Å². The maximum absolute atomic E-state index is 11.1. The molecule has 0 fully saturated rings. The zero-order chi connectivity index (χ0) is 12.1. The van der Waals surface area contributed by atoms with Gasteiger partial charge in [-0.15, -0.1) is 0 Å². The molecule has 0 bridgehead atoms. The third kappa shape index (κ3) is 11.5. The van der Waals surface area contributed by atoms with Crippen molar-refractivity contribution in [2.75, 3.05) is 13.6 Å². The number of carbonyl (C=O) groups is 1. The summed E-state index contributed by atoms with van der Waals surface area (Å²) >= 11 is 0. The maximum atomic E-state index is 11.1. The molecule has 4 heteroatoms. The maximum Gasteiger partial charge on any atom is 0.307 e. The number of rotatable bonds is 11. The van der Waals surface area contributed by atoms with E-state index in [1.165, 1.54) is 32.1 Å². The summed E-state index contributed by atoms with van der Waals surface area (Å²) in [5.41, 5.74) is 0. The monoisotopic (exact) mass is 232 g/mol. The molecule has 0 saturated carbocycles. The molecule has 0 aliphatic heterocycles. The van der Waals surface area contributed by atoms with E-state index >= 15 is 0 Å². The lowest BCUT2D eigenvalue weighted by Gasteiger charge is -2.04. The molecule has 0 amide bonds. The van der Waals surface area contributed by atoms with E-state index in [1.807, 2.05) is 0 Å². The molecular weight excluding hydrogens is 208 g/mol. The van der Waals surface area contributed by atoms with Gasteiger partial charge in [-0.2, -0.15) is 0 Å². The molecule has 0 saturated heterocycles. The normalized spacial score (nSPS) is 10.4. The summed E-state index contributed by atoms with van der Waals surface area (Å²) < 4.78 is 9.19. The molecule has 0 aromatic heterocycles. The Kier molecular flexibility index (Phi) is 12.0. The number of carbonyl (C=O) groups excluding carboxylic acids is 1. The van der Waals surface area contributed by atoms with Crippen molar-refractivity contribution in [1.82, 2.24) is 0 Å². The van der Waals surface area contributed by atoms with E-state index in [9.17, 15) is 4.79 Å². The van der Waals surface area contributed by atoms with Crippen LogP contribution in [0.5, 0.6) is 0 Å². The van der Waals surface area contributed by atoms with Crippen molar-refractivity contribution in [2.24, 2.45) is 0 Å². The zero-order valence-electron chi connectivity index (χ0n) is 10.2. The highest BCUT2D eigenvalue weighted by molar-refractivity contribution is 5.69. The lowest BCUT2D eigenvalue weighted by Crippen LogP contribution is -2.08. The molecule has 0 aromatic carbocycles. The van der Waals surface area contributed by atoms with E-state index in [-0.39, 0.29) is 12.8 Å². The molecule has 0 aliphatic carbocycles. The van der Waals surface area contributed by atoms with Crippen LogP contribution in [0.25, 0.3) is 0 Å². The molecule has 0 radical (unpaired) electrons. The second-order valence-electron chi connectivity index (χ2n) is 3.84. The van der Waals surface area contributed by atoms with Gasteiger partial charge in [0.2, 0.25) is 0 Å². The molecule has 0 aromatic rings. The van der Waals surface area contributed by atoms with Crippen molar-refractivity contribution in [3.8, 4) is 0 Å². The van der Waals surface area contributed by atoms with Gasteiger partial charge >= 0.3 is 5.97 Å². The largest absolute Gasteiger partial charge is 0.438 e. The summed E-state index contributed by atoms with van der Waals surface area (Å²) in [7, 11) is 0. The minimum absolute atomic E-state index is 0.147. The molecule has 4 nitrogen and oxygen atoms in total. The Morgan fingerprint density at radius 3 is 2.31 bits per heavy atom. The highest BCUT2D eigenvalue weighted by atomic mass is 16.7. The summed E-state index contributed by atoms with van der Waals surface area (Å²) in [6.45, 7) is 1.64. The predicted molar refractivity (Wildman–Crippen MR) is 61.7 cm³/mol. The first kappa shape index (κ1) is 15.4. The standard InChI is InChI=1S/C12H24O4/c1-2-3-4-5-6-7-8-9-12(14)16-11-15-10-13/h13H,2-11H2,1H3. The molecule has 0 spiro atoms. The Labute approximate surface area is 97.9 Å². The lowest BCUT2D eigenvalue weighted by molar-refractivity contribution is -0.163. The molecule has 0 heterocycles. The summed E-state index contributed by atoms with van der Waals surface area (Å²) in [4.78, 5) is 11.1. The second kappa shape index (κ2) is 12.5. The Morgan fingerprint density at radius 2 is 1.69 bits per heavy atom. The van der Waals surface area contributed by atoms with Crippen LogP contribution in [-0.4, -0.2) is 24.7 Å². The van der Waals surface area contributed by atoms with Crippen LogP contribution in [-0.2, 0) is 14.3 Å². The van der Waals surface area contributed by atoms with Crippen LogP contribution in [0.15, 0.2) is 0 Å². The average Bonchev–Trinajstić information content (AvgIpc) is 2.28. The van der Waals surface area contributed by atoms with Gasteiger partial charge in [0.25, 0.3) is 0 Å². The third-order valence-electron chi connectivity index (χ3n) is 2.38. The quantitative estimate of drug-likeness (QED) is 0.338. The van der Waals surface area contributed by atoms with Crippen molar-refractivity contribution in [2.45, 2.75) is 58.3 Å². The van der Waals surface area contributed by atoms with E-state index in [2.05, 4.69) is 11.7 Å². The third-order valence-corrected chi connectivity index (χ3v) is 2.38. The number of hydrogen-bond acceptors (Lipinski definition) is 4. The van der Waals surface area contributed by atoms with Crippen molar-refractivity contribution >= 4 is 5.97 Å². The fourth-order valence-corrected chi connectivity index (χ4v) is 1.44. The van der Waals surface area contributed by atoms with Gasteiger partial charge in [-0.05, 0) is 6.42 Å². The predicted octanol–water partition coefficient (Wildman–Crippen LogP) is 2.59. The van der Waals surface area contributed by atoms with Crippen LogP contribution < -0.4 is 0 Å². The minimum Gasteiger partial charge on any atom is -0.438 e. The number of unbranched alkanes of at least 4 members (excludes halogenated alkanes) is 6. The smallest absolute Gasteiger partial charge is 0.307 e. The first-order valence-electron chi connectivity index (χ1n) is 6.15. The molecule has 0 atom stereocenters. The summed E-state index contributed by atoms with van der Waals surface area (Å²) in [6.07, 6.45) is 8.73. The molecule has 16 heavy (non-hydrogen) atoms. The number of esters is 1. The zero-order valence-corrected chi connectivity index (χ0v) is 10.2. The summed E-state index contributed by atoms with van der Waals surface area (Å²) in [5, 5.41) is 8.28. The Morgan fingerprint density at radius 1 is 1.06 bits per heavy atom.